The zero-order valence-electron chi connectivity index (χ0n) is 12.9. The Morgan fingerprint density at radius 1 is 1.45 bits per heavy atom. The summed E-state index contributed by atoms with van der Waals surface area (Å²) in [6.45, 7) is 3.16. The topological polar surface area (TPSA) is 41.6 Å². The van der Waals surface area contributed by atoms with Crippen molar-refractivity contribution in [2.45, 2.75) is 19.3 Å². The van der Waals surface area contributed by atoms with E-state index in [1.807, 2.05) is 25.2 Å². The van der Waals surface area contributed by atoms with Crippen LogP contribution in [0.5, 0.6) is 5.75 Å². The van der Waals surface area contributed by atoms with Crippen LogP contribution in [0.2, 0.25) is 5.02 Å². The highest BCUT2D eigenvalue weighted by molar-refractivity contribution is 6.32. The first-order valence-corrected chi connectivity index (χ1v) is 7.86. The zero-order chi connectivity index (χ0) is 15.1. The van der Waals surface area contributed by atoms with Crippen LogP contribution < -0.4 is 10.1 Å². The largest absolute Gasteiger partial charge is 0.490 e. The number of hydrogen-bond donors (Lipinski definition) is 1. The molecule has 4 nitrogen and oxygen atoms in total. The van der Waals surface area contributed by atoms with Gasteiger partial charge in [0.25, 0.3) is 0 Å². The summed E-state index contributed by atoms with van der Waals surface area (Å²) in [5, 5.41) is 3.92. The van der Waals surface area contributed by atoms with Gasteiger partial charge in [-0.25, -0.2) is 0 Å². The lowest BCUT2D eigenvalue weighted by molar-refractivity contribution is -0.130. The van der Waals surface area contributed by atoms with Gasteiger partial charge in [0.1, 0.15) is 12.4 Å². The predicted molar refractivity (Wildman–Crippen MR) is 92.0 cm³/mol. The van der Waals surface area contributed by atoms with Crippen LogP contribution in [0.15, 0.2) is 24.3 Å². The number of nitrogens with zero attached hydrogens (tertiary/aromatic N) is 1. The molecule has 0 bridgehead atoms. The minimum Gasteiger partial charge on any atom is -0.490 e. The number of amides is 1. The van der Waals surface area contributed by atoms with Crippen LogP contribution in [0, 0.1) is 5.92 Å². The van der Waals surface area contributed by atoms with E-state index in [9.17, 15) is 4.79 Å². The van der Waals surface area contributed by atoms with Crippen molar-refractivity contribution in [3.05, 3.63) is 29.3 Å². The van der Waals surface area contributed by atoms with Gasteiger partial charge in [0.15, 0.2) is 0 Å². The van der Waals surface area contributed by atoms with Crippen LogP contribution in [-0.2, 0) is 4.79 Å². The van der Waals surface area contributed by atoms with Gasteiger partial charge in [-0.2, -0.15) is 0 Å². The maximum atomic E-state index is 12.0. The molecule has 0 aromatic heterocycles. The molecule has 1 aliphatic rings. The molecule has 1 atom stereocenters. The lowest BCUT2D eigenvalue weighted by atomic mass is 10.0. The number of hydrogen-bond acceptors (Lipinski definition) is 3. The third kappa shape index (κ3) is 6.03. The fourth-order valence-corrected chi connectivity index (χ4v) is 2.65. The van der Waals surface area contributed by atoms with E-state index in [1.165, 1.54) is 6.42 Å². The number of benzene rings is 1. The van der Waals surface area contributed by atoms with Gasteiger partial charge in [0.05, 0.1) is 11.6 Å². The Morgan fingerprint density at radius 3 is 2.91 bits per heavy atom. The molecule has 1 heterocycles. The van der Waals surface area contributed by atoms with E-state index in [0.717, 1.165) is 19.5 Å². The maximum absolute atomic E-state index is 12.0. The second kappa shape index (κ2) is 9.93. The smallest absolute Gasteiger partial charge is 0.222 e. The van der Waals surface area contributed by atoms with Crippen molar-refractivity contribution in [3.63, 3.8) is 0 Å². The van der Waals surface area contributed by atoms with E-state index in [2.05, 4.69) is 5.32 Å². The van der Waals surface area contributed by atoms with Gasteiger partial charge in [0.2, 0.25) is 5.91 Å². The molecule has 1 saturated heterocycles. The van der Waals surface area contributed by atoms with Crippen molar-refractivity contribution in [1.29, 1.82) is 0 Å². The van der Waals surface area contributed by atoms with Crippen molar-refractivity contribution in [3.8, 4) is 5.75 Å². The minimum absolute atomic E-state index is 0. The molecule has 0 radical (unpaired) electrons. The van der Waals surface area contributed by atoms with Crippen LogP contribution in [0.4, 0.5) is 0 Å². The van der Waals surface area contributed by atoms with Gasteiger partial charge >= 0.3 is 0 Å². The van der Waals surface area contributed by atoms with E-state index in [4.69, 9.17) is 16.3 Å². The Morgan fingerprint density at radius 2 is 2.23 bits per heavy atom. The number of carbonyl (C=O) groups excluding carboxylic acids is 1. The first kappa shape index (κ1) is 19.1. The molecule has 1 aromatic rings. The summed E-state index contributed by atoms with van der Waals surface area (Å²) in [7, 11) is 1.82. The highest BCUT2D eigenvalue weighted by Crippen LogP contribution is 2.22. The summed E-state index contributed by atoms with van der Waals surface area (Å²) < 4.78 is 5.60. The maximum Gasteiger partial charge on any atom is 0.222 e. The quantitative estimate of drug-likeness (QED) is 0.825. The fraction of sp³-hybridized carbons (Fsp3) is 0.562. The zero-order valence-corrected chi connectivity index (χ0v) is 14.5. The molecule has 1 unspecified atom stereocenters. The fourth-order valence-electron chi connectivity index (χ4n) is 2.46. The van der Waals surface area contributed by atoms with Gasteiger partial charge in [-0.15, -0.1) is 12.4 Å². The SMILES string of the molecule is CN(CCOc1ccccc1Cl)C(=O)CCC1CCNC1.Cl. The van der Waals surface area contributed by atoms with Crippen LogP contribution in [0.1, 0.15) is 19.3 Å². The minimum atomic E-state index is 0. The average Bonchev–Trinajstić information content (AvgIpc) is 3.00. The first-order chi connectivity index (χ1) is 10.2. The Kier molecular flexibility index (Phi) is 8.61. The standard InChI is InChI=1S/C16H23ClN2O2.ClH/c1-19(16(20)7-6-13-8-9-18-12-13)10-11-21-15-5-3-2-4-14(15)17;/h2-5,13,18H,6-12H2,1H3;1H. The predicted octanol–water partition coefficient (Wildman–Crippen LogP) is 2.99. The average molecular weight is 347 g/mol. The number of carbonyl (C=O) groups is 1. The molecule has 1 aliphatic heterocycles. The summed E-state index contributed by atoms with van der Waals surface area (Å²) in [4.78, 5) is 13.8. The van der Waals surface area contributed by atoms with E-state index >= 15 is 0 Å². The number of likely N-dealkylation sites (N-methyl/N-ethyl adjacent to an activating group) is 1. The molecule has 1 aromatic carbocycles. The summed E-state index contributed by atoms with van der Waals surface area (Å²) in [6, 6.07) is 7.37. The molecule has 124 valence electrons. The molecule has 1 N–H and O–H groups in total. The number of para-hydroxylation sites is 1. The number of rotatable bonds is 7. The number of halogens is 2. The van der Waals surface area contributed by atoms with Gasteiger partial charge in [-0.05, 0) is 44.0 Å². The summed E-state index contributed by atoms with van der Waals surface area (Å²) in [5.41, 5.74) is 0. The highest BCUT2D eigenvalue weighted by atomic mass is 35.5. The molecule has 0 saturated carbocycles. The highest BCUT2D eigenvalue weighted by Gasteiger charge is 2.17. The molecule has 0 spiro atoms. The normalized spacial score (nSPS) is 16.9. The van der Waals surface area contributed by atoms with Crippen molar-refractivity contribution in [2.24, 2.45) is 5.92 Å². The third-order valence-corrected chi connectivity index (χ3v) is 4.19. The molecule has 1 amide bonds. The van der Waals surface area contributed by atoms with Crippen LogP contribution in [0.25, 0.3) is 0 Å². The molecule has 0 aliphatic carbocycles. The summed E-state index contributed by atoms with van der Waals surface area (Å²) in [5.74, 6) is 1.50. The Bertz CT molecular complexity index is 465. The van der Waals surface area contributed by atoms with Crippen LogP contribution in [0.3, 0.4) is 0 Å². The van der Waals surface area contributed by atoms with E-state index in [-0.39, 0.29) is 18.3 Å². The second-order valence-corrected chi connectivity index (χ2v) is 5.90. The van der Waals surface area contributed by atoms with Crippen molar-refractivity contribution in [1.82, 2.24) is 10.2 Å². The van der Waals surface area contributed by atoms with Crippen LogP contribution >= 0.6 is 24.0 Å². The molecule has 22 heavy (non-hydrogen) atoms. The second-order valence-electron chi connectivity index (χ2n) is 5.49. The van der Waals surface area contributed by atoms with Gasteiger partial charge in [-0.3, -0.25) is 4.79 Å². The van der Waals surface area contributed by atoms with E-state index < -0.39 is 0 Å². The number of ether oxygens (including phenoxy) is 1. The molecular formula is C16H24Cl2N2O2. The Balaban J connectivity index is 0.00000242. The van der Waals surface area contributed by atoms with Gasteiger partial charge < -0.3 is 15.0 Å². The molecule has 1 fully saturated rings. The van der Waals surface area contributed by atoms with Crippen LogP contribution in [-0.4, -0.2) is 44.1 Å². The van der Waals surface area contributed by atoms with E-state index in [0.29, 0.717) is 36.3 Å². The van der Waals surface area contributed by atoms with Crippen molar-refractivity contribution in [2.75, 3.05) is 33.3 Å². The summed E-state index contributed by atoms with van der Waals surface area (Å²) >= 11 is 6.01. The van der Waals surface area contributed by atoms with Crippen molar-refractivity contribution < 1.29 is 9.53 Å². The van der Waals surface area contributed by atoms with Gasteiger partial charge in [0, 0.05) is 13.5 Å². The Hall–Kier alpha value is -0.970. The molecule has 2 rings (SSSR count). The number of nitrogens with one attached hydrogen (secondary N) is 1. The molecular weight excluding hydrogens is 323 g/mol. The monoisotopic (exact) mass is 346 g/mol. The summed E-state index contributed by atoms with van der Waals surface area (Å²) in [6.07, 6.45) is 2.78. The Labute approximate surface area is 143 Å². The molecule has 6 heteroatoms. The van der Waals surface area contributed by atoms with Gasteiger partial charge in [-0.1, -0.05) is 23.7 Å². The first-order valence-electron chi connectivity index (χ1n) is 7.49. The lowest BCUT2D eigenvalue weighted by Crippen LogP contribution is -2.31. The van der Waals surface area contributed by atoms with Crippen molar-refractivity contribution >= 4 is 29.9 Å². The van der Waals surface area contributed by atoms with E-state index in [1.54, 1.807) is 11.0 Å². The third-order valence-electron chi connectivity index (χ3n) is 3.88. The lowest BCUT2D eigenvalue weighted by Gasteiger charge is -2.18.